The van der Waals surface area contributed by atoms with E-state index in [4.69, 9.17) is 4.74 Å². The zero-order chi connectivity index (χ0) is 15.2. The molecule has 0 saturated carbocycles. The van der Waals surface area contributed by atoms with E-state index in [2.05, 4.69) is 38.1 Å². The van der Waals surface area contributed by atoms with Gasteiger partial charge in [-0.15, -0.1) is 0 Å². The minimum atomic E-state index is -0.222. The van der Waals surface area contributed by atoms with Gasteiger partial charge >= 0.3 is 5.97 Å². The number of nitrogens with one attached hydrogen (secondary N) is 1. The number of rotatable bonds is 6. The van der Waals surface area contributed by atoms with Crippen molar-refractivity contribution in [2.75, 3.05) is 12.4 Å². The Hall–Kier alpha value is -1.69. The Morgan fingerprint density at radius 3 is 2.95 bits per heavy atom. The summed E-state index contributed by atoms with van der Waals surface area (Å²) in [5, 5.41) is 4.27. The second-order valence-electron chi connectivity index (χ2n) is 4.79. The quantitative estimate of drug-likeness (QED) is 0.806. The third-order valence-electron chi connectivity index (χ3n) is 3.22. The fourth-order valence-electron chi connectivity index (χ4n) is 2.20. The minimum Gasteiger partial charge on any atom is -0.469 e. The molecule has 0 amide bonds. The van der Waals surface area contributed by atoms with Crippen molar-refractivity contribution in [1.82, 2.24) is 9.97 Å². The molecule has 2 rings (SSSR count). The van der Waals surface area contributed by atoms with Crippen molar-refractivity contribution in [2.24, 2.45) is 0 Å². The van der Waals surface area contributed by atoms with Gasteiger partial charge in [-0.05, 0) is 24.6 Å². The average molecular weight is 352 g/mol. The van der Waals surface area contributed by atoms with Crippen molar-refractivity contribution in [3.63, 3.8) is 0 Å². The van der Waals surface area contributed by atoms with Gasteiger partial charge in [0.1, 0.15) is 12.1 Å². The summed E-state index contributed by atoms with van der Waals surface area (Å²) in [5.41, 5.74) is 0.865. The van der Waals surface area contributed by atoms with Crippen molar-refractivity contribution in [3.05, 3.63) is 29.0 Å². The van der Waals surface area contributed by atoms with Crippen LogP contribution in [0.4, 0.5) is 5.82 Å². The van der Waals surface area contributed by atoms with Crippen molar-refractivity contribution in [2.45, 2.75) is 32.2 Å². The molecule has 0 radical (unpaired) electrons. The average Bonchev–Trinajstić information content (AvgIpc) is 2.48. The lowest BCUT2D eigenvalue weighted by Crippen LogP contribution is -2.24. The maximum atomic E-state index is 11.5. The molecule has 1 atom stereocenters. The van der Waals surface area contributed by atoms with Crippen LogP contribution in [0.3, 0.4) is 0 Å². The maximum Gasteiger partial charge on any atom is 0.307 e. The summed E-state index contributed by atoms with van der Waals surface area (Å²) < 4.78 is 5.72. The molecule has 1 N–H and O–H groups in total. The Bertz CT molecular complexity index is 633. The van der Waals surface area contributed by atoms with E-state index in [0.717, 1.165) is 34.0 Å². The predicted molar refractivity (Wildman–Crippen MR) is 86.2 cm³/mol. The molecule has 0 aliphatic carbocycles. The summed E-state index contributed by atoms with van der Waals surface area (Å²) >= 11 is 3.46. The van der Waals surface area contributed by atoms with Gasteiger partial charge in [0.25, 0.3) is 0 Å². The first-order valence-electron chi connectivity index (χ1n) is 6.87. The molecule has 112 valence electrons. The lowest BCUT2D eigenvalue weighted by atomic mass is 10.1. The number of carbonyl (C=O) groups is 1. The third-order valence-corrected chi connectivity index (χ3v) is 3.71. The van der Waals surface area contributed by atoms with Gasteiger partial charge in [0.15, 0.2) is 0 Å². The standard InChI is InChI=1S/C15H18BrN3O2/c1-3-4-11(8-14(20)21-2)19-15-12-7-10(16)5-6-13(12)17-9-18-15/h5-7,9,11H,3-4,8H2,1-2H3,(H,17,18,19). The second-order valence-corrected chi connectivity index (χ2v) is 5.71. The number of anilines is 1. The van der Waals surface area contributed by atoms with Crippen molar-refractivity contribution >= 4 is 38.6 Å². The molecule has 0 fully saturated rings. The van der Waals surface area contributed by atoms with E-state index in [-0.39, 0.29) is 12.0 Å². The van der Waals surface area contributed by atoms with Crippen LogP contribution in [0.1, 0.15) is 26.2 Å². The zero-order valence-electron chi connectivity index (χ0n) is 12.1. The number of hydrogen-bond donors (Lipinski definition) is 1. The molecule has 1 aromatic carbocycles. The normalized spacial score (nSPS) is 12.1. The van der Waals surface area contributed by atoms with Crippen molar-refractivity contribution < 1.29 is 9.53 Å². The highest BCUT2D eigenvalue weighted by molar-refractivity contribution is 9.10. The summed E-state index contributed by atoms with van der Waals surface area (Å²) in [4.78, 5) is 20.1. The smallest absolute Gasteiger partial charge is 0.307 e. The minimum absolute atomic E-state index is 0.000434. The van der Waals surface area contributed by atoms with Gasteiger partial charge in [-0.25, -0.2) is 9.97 Å². The van der Waals surface area contributed by atoms with Gasteiger partial charge in [0, 0.05) is 15.9 Å². The van der Waals surface area contributed by atoms with E-state index in [9.17, 15) is 4.79 Å². The molecule has 2 aromatic rings. The number of hydrogen-bond acceptors (Lipinski definition) is 5. The second kappa shape index (κ2) is 7.36. The number of esters is 1. The summed E-state index contributed by atoms with van der Waals surface area (Å²) in [5.74, 6) is 0.518. The molecule has 0 spiro atoms. The number of ether oxygens (including phenoxy) is 1. The molecular formula is C15H18BrN3O2. The van der Waals surface area contributed by atoms with Crippen LogP contribution in [0.25, 0.3) is 10.9 Å². The largest absolute Gasteiger partial charge is 0.469 e. The van der Waals surface area contributed by atoms with Crippen LogP contribution in [0.15, 0.2) is 29.0 Å². The Labute approximate surface area is 132 Å². The Kier molecular flexibility index (Phi) is 5.50. The number of halogens is 1. The molecule has 1 aromatic heterocycles. The molecule has 0 bridgehead atoms. The van der Waals surface area contributed by atoms with Crippen LogP contribution in [0, 0.1) is 0 Å². The summed E-state index contributed by atoms with van der Waals surface area (Å²) in [6, 6.07) is 5.84. The van der Waals surface area contributed by atoms with Gasteiger partial charge in [0.05, 0.1) is 19.0 Å². The Balaban J connectivity index is 2.27. The Morgan fingerprint density at radius 1 is 1.43 bits per heavy atom. The highest BCUT2D eigenvalue weighted by Gasteiger charge is 2.15. The number of nitrogens with zero attached hydrogens (tertiary/aromatic N) is 2. The van der Waals surface area contributed by atoms with Crippen molar-refractivity contribution in [1.29, 1.82) is 0 Å². The van der Waals surface area contributed by atoms with Gasteiger partial charge in [-0.1, -0.05) is 29.3 Å². The number of aromatic nitrogens is 2. The molecule has 5 nitrogen and oxygen atoms in total. The van der Waals surface area contributed by atoms with Crippen LogP contribution < -0.4 is 5.32 Å². The van der Waals surface area contributed by atoms with E-state index in [1.807, 2.05) is 18.2 Å². The molecule has 1 unspecified atom stereocenters. The third kappa shape index (κ3) is 4.14. The van der Waals surface area contributed by atoms with E-state index in [0.29, 0.717) is 6.42 Å². The van der Waals surface area contributed by atoms with Gasteiger partial charge in [-0.3, -0.25) is 4.79 Å². The first kappa shape index (κ1) is 15.7. The SMILES string of the molecule is CCCC(CC(=O)OC)Nc1ncnc2ccc(Br)cc12. The fraction of sp³-hybridized carbons (Fsp3) is 0.400. The lowest BCUT2D eigenvalue weighted by Gasteiger charge is -2.18. The molecule has 0 aliphatic rings. The fourth-order valence-corrected chi connectivity index (χ4v) is 2.56. The van der Waals surface area contributed by atoms with E-state index in [1.165, 1.54) is 13.4 Å². The molecule has 21 heavy (non-hydrogen) atoms. The van der Waals surface area contributed by atoms with E-state index >= 15 is 0 Å². The Morgan fingerprint density at radius 2 is 2.24 bits per heavy atom. The molecule has 6 heteroatoms. The maximum absolute atomic E-state index is 11.5. The van der Waals surface area contributed by atoms with Crippen LogP contribution >= 0.6 is 15.9 Å². The van der Waals surface area contributed by atoms with Crippen LogP contribution in [-0.2, 0) is 9.53 Å². The molecular weight excluding hydrogens is 334 g/mol. The zero-order valence-corrected chi connectivity index (χ0v) is 13.7. The van der Waals surface area contributed by atoms with E-state index in [1.54, 1.807) is 0 Å². The summed E-state index contributed by atoms with van der Waals surface area (Å²) in [7, 11) is 1.41. The van der Waals surface area contributed by atoms with Gasteiger partial charge in [-0.2, -0.15) is 0 Å². The first-order chi connectivity index (χ1) is 10.1. The topological polar surface area (TPSA) is 64.1 Å². The van der Waals surface area contributed by atoms with Crippen molar-refractivity contribution in [3.8, 4) is 0 Å². The monoisotopic (exact) mass is 351 g/mol. The molecule has 1 heterocycles. The predicted octanol–water partition coefficient (Wildman–Crippen LogP) is 3.54. The van der Waals surface area contributed by atoms with Crippen LogP contribution in [0.2, 0.25) is 0 Å². The van der Waals surface area contributed by atoms with E-state index < -0.39 is 0 Å². The van der Waals surface area contributed by atoms with Crippen LogP contribution in [0.5, 0.6) is 0 Å². The number of methoxy groups -OCH3 is 1. The van der Waals surface area contributed by atoms with Gasteiger partial charge in [0.2, 0.25) is 0 Å². The number of benzene rings is 1. The highest BCUT2D eigenvalue weighted by atomic mass is 79.9. The molecule has 0 aliphatic heterocycles. The lowest BCUT2D eigenvalue weighted by molar-refractivity contribution is -0.140. The number of fused-ring (bicyclic) bond motifs is 1. The number of carbonyl (C=O) groups excluding carboxylic acids is 1. The highest BCUT2D eigenvalue weighted by Crippen LogP contribution is 2.24. The first-order valence-corrected chi connectivity index (χ1v) is 7.67. The summed E-state index contributed by atoms with van der Waals surface area (Å²) in [6.45, 7) is 2.08. The van der Waals surface area contributed by atoms with Crippen LogP contribution in [-0.4, -0.2) is 29.1 Å². The molecule has 0 saturated heterocycles. The van der Waals surface area contributed by atoms with Gasteiger partial charge < -0.3 is 10.1 Å². The summed E-state index contributed by atoms with van der Waals surface area (Å²) in [6.07, 6.45) is 3.69.